The highest BCUT2D eigenvalue weighted by atomic mass is 16.5. The van der Waals surface area contributed by atoms with Crippen molar-refractivity contribution in [3.8, 4) is 0 Å². The third kappa shape index (κ3) is 8.94. The summed E-state index contributed by atoms with van der Waals surface area (Å²) in [5, 5.41) is 2.68. The highest BCUT2D eigenvalue weighted by molar-refractivity contribution is 5.67. The second kappa shape index (κ2) is 11.6. The zero-order valence-corrected chi connectivity index (χ0v) is 18.0. The van der Waals surface area contributed by atoms with Crippen molar-refractivity contribution in [1.29, 1.82) is 0 Å². The van der Waals surface area contributed by atoms with Crippen molar-refractivity contribution in [1.82, 2.24) is 5.32 Å². The smallest absolute Gasteiger partial charge is 0.407 e. The van der Waals surface area contributed by atoms with Crippen molar-refractivity contribution in [2.75, 3.05) is 13.2 Å². The van der Waals surface area contributed by atoms with E-state index in [4.69, 9.17) is 4.74 Å². The van der Waals surface area contributed by atoms with Gasteiger partial charge in [0.1, 0.15) is 6.61 Å². The molecule has 0 saturated heterocycles. The Labute approximate surface area is 166 Å². The van der Waals surface area contributed by atoms with Crippen molar-refractivity contribution in [3.63, 3.8) is 0 Å². The number of hydrogen-bond donors (Lipinski definition) is 1. The second-order valence-corrected chi connectivity index (χ2v) is 8.01. The number of ether oxygens (including phenoxy) is 1. The quantitative estimate of drug-likeness (QED) is 0.485. The molecule has 27 heavy (non-hydrogen) atoms. The number of nitrogens with one attached hydrogen (secondary N) is 1. The first kappa shape index (κ1) is 23.0. The monoisotopic (exact) mass is 371 g/mol. The van der Waals surface area contributed by atoms with Crippen LogP contribution in [-0.4, -0.2) is 19.2 Å². The van der Waals surface area contributed by atoms with Crippen LogP contribution in [0.4, 0.5) is 4.79 Å². The van der Waals surface area contributed by atoms with Crippen molar-refractivity contribution in [2.24, 2.45) is 5.41 Å². The molecule has 1 aliphatic rings. The highest BCUT2D eigenvalue weighted by Gasteiger charge is 2.26. The minimum atomic E-state index is -0.360. The molecule has 0 aromatic rings. The molecule has 0 saturated carbocycles. The lowest BCUT2D eigenvalue weighted by Gasteiger charge is -2.32. The summed E-state index contributed by atoms with van der Waals surface area (Å²) in [6, 6.07) is 0. The van der Waals surface area contributed by atoms with E-state index >= 15 is 0 Å². The molecule has 3 heteroatoms. The molecule has 0 fully saturated rings. The third-order valence-electron chi connectivity index (χ3n) is 4.91. The van der Waals surface area contributed by atoms with E-state index in [0.717, 1.165) is 12.0 Å². The van der Waals surface area contributed by atoms with E-state index in [1.54, 1.807) is 0 Å². The van der Waals surface area contributed by atoms with Crippen LogP contribution in [0.2, 0.25) is 0 Å². The van der Waals surface area contributed by atoms with Crippen LogP contribution in [0.3, 0.4) is 0 Å². The molecule has 1 aliphatic carbocycles. The van der Waals surface area contributed by atoms with E-state index in [2.05, 4.69) is 51.2 Å². The molecule has 1 N–H and O–H groups in total. The maximum absolute atomic E-state index is 11.4. The molecule has 0 bridgehead atoms. The molecule has 0 radical (unpaired) electrons. The van der Waals surface area contributed by atoms with Gasteiger partial charge in [-0.3, -0.25) is 0 Å². The predicted molar refractivity (Wildman–Crippen MR) is 116 cm³/mol. The summed E-state index contributed by atoms with van der Waals surface area (Å²) in [6.07, 6.45) is 16.9. The fraction of sp³-hybridized carbons (Fsp3) is 0.542. The van der Waals surface area contributed by atoms with Crippen LogP contribution >= 0.6 is 0 Å². The highest BCUT2D eigenvalue weighted by Crippen LogP contribution is 2.40. The first-order valence-electron chi connectivity index (χ1n) is 10.1. The average molecular weight is 372 g/mol. The SMILES string of the molecule is CCCNC(=O)OC/C=C(C)/C=C/C=C(C)/C=C/C1=C(C)CCCC1(C)C. The Hall–Kier alpha value is -2.03. The van der Waals surface area contributed by atoms with Crippen molar-refractivity contribution in [3.05, 3.63) is 58.7 Å². The molecule has 0 spiro atoms. The summed E-state index contributed by atoms with van der Waals surface area (Å²) in [6.45, 7) is 14.0. The maximum atomic E-state index is 11.4. The van der Waals surface area contributed by atoms with E-state index in [1.165, 1.54) is 36.0 Å². The first-order chi connectivity index (χ1) is 12.8. The van der Waals surface area contributed by atoms with E-state index in [-0.39, 0.29) is 18.1 Å². The molecule has 0 unspecified atom stereocenters. The second-order valence-electron chi connectivity index (χ2n) is 8.01. The first-order valence-corrected chi connectivity index (χ1v) is 10.1. The van der Waals surface area contributed by atoms with E-state index in [0.29, 0.717) is 6.54 Å². The van der Waals surface area contributed by atoms with Gasteiger partial charge < -0.3 is 10.1 Å². The summed E-state index contributed by atoms with van der Waals surface area (Å²) in [4.78, 5) is 11.4. The van der Waals surface area contributed by atoms with Crippen molar-refractivity contribution < 1.29 is 9.53 Å². The Morgan fingerprint density at radius 3 is 2.63 bits per heavy atom. The lowest BCUT2D eigenvalue weighted by molar-refractivity contribution is 0.158. The Balaban J connectivity index is 2.55. The zero-order chi connectivity index (χ0) is 20.3. The lowest BCUT2D eigenvalue weighted by Crippen LogP contribution is -2.24. The third-order valence-corrected chi connectivity index (χ3v) is 4.91. The number of carbonyl (C=O) groups is 1. The van der Waals surface area contributed by atoms with Gasteiger partial charge in [-0.2, -0.15) is 0 Å². The molecule has 0 aliphatic heterocycles. The summed E-state index contributed by atoms with van der Waals surface area (Å²) in [5.74, 6) is 0. The minimum Gasteiger partial charge on any atom is -0.445 e. The molecule has 1 rings (SSSR count). The fourth-order valence-corrected chi connectivity index (χ4v) is 3.23. The Morgan fingerprint density at radius 2 is 1.96 bits per heavy atom. The summed E-state index contributed by atoms with van der Waals surface area (Å²) in [7, 11) is 0. The number of hydrogen-bond acceptors (Lipinski definition) is 2. The number of carbonyl (C=O) groups excluding carboxylic acids is 1. The molecule has 150 valence electrons. The molecule has 1 amide bonds. The van der Waals surface area contributed by atoms with Crippen LogP contribution in [0.15, 0.2) is 58.7 Å². The maximum Gasteiger partial charge on any atom is 0.407 e. The van der Waals surface area contributed by atoms with Gasteiger partial charge in [0.05, 0.1) is 0 Å². The van der Waals surface area contributed by atoms with E-state index in [1.807, 2.05) is 32.1 Å². The van der Waals surface area contributed by atoms with Crippen LogP contribution in [0.5, 0.6) is 0 Å². The number of rotatable bonds is 8. The van der Waals surface area contributed by atoms with Gasteiger partial charge in [0, 0.05) is 6.54 Å². The number of amides is 1. The van der Waals surface area contributed by atoms with Gasteiger partial charge >= 0.3 is 6.09 Å². The summed E-state index contributed by atoms with van der Waals surface area (Å²) < 4.78 is 5.09. The number of alkyl carbamates (subject to hydrolysis) is 1. The summed E-state index contributed by atoms with van der Waals surface area (Å²) in [5.41, 5.74) is 5.57. The Bertz CT molecular complexity index is 645. The molecule has 3 nitrogen and oxygen atoms in total. The van der Waals surface area contributed by atoms with Crippen LogP contribution < -0.4 is 5.32 Å². The molecular formula is C24H37NO2. The molecule has 0 atom stereocenters. The van der Waals surface area contributed by atoms with E-state index < -0.39 is 0 Å². The van der Waals surface area contributed by atoms with E-state index in [9.17, 15) is 4.79 Å². The normalized spacial score (nSPS) is 18.4. The molecular weight excluding hydrogens is 334 g/mol. The van der Waals surface area contributed by atoms with Gasteiger partial charge in [-0.25, -0.2) is 4.79 Å². The zero-order valence-electron chi connectivity index (χ0n) is 18.0. The van der Waals surface area contributed by atoms with Crippen molar-refractivity contribution in [2.45, 2.75) is 67.2 Å². The van der Waals surface area contributed by atoms with Gasteiger partial charge in [0.15, 0.2) is 0 Å². The lowest BCUT2D eigenvalue weighted by atomic mass is 9.72. The van der Waals surface area contributed by atoms with Gasteiger partial charge in [-0.05, 0) is 63.5 Å². The van der Waals surface area contributed by atoms with Gasteiger partial charge in [0.25, 0.3) is 0 Å². The Morgan fingerprint density at radius 1 is 1.22 bits per heavy atom. The van der Waals surface area contributed by atoms with Crippen LogP contribution in [0, 0.1) is 5.41 Å². The molecule has 0 aromatic carbocycles. The van der Waals surface area contributed by atoms with Crippen LogP contribution in [0.1, 0.15) is 67.2 Å². The summed E-state index contributed by atoms with van der Waals surface area (Å²) >= 11 is 0. The molecule has 0 heterocycles. The fourth-order valence-electron chi connectivity index (χ4n) is 3.23. The predicted octanol–water partition coefficient (Wildman–Crippen LogP) is 6.65. The molecule has 0 aromatic heterocycles. The van der Waals surface area contributed by atoms with Gasteiger partial charge in [-0.15, -0.1) is 0 Å². The minimum absolute atomic E-state index is 0.275. The van der Waals surface area contributed by atoms with Gasteiger partial charge in [0.2, 0.25) is 0 Å². The van der Waals surface area contributed by atoms with Crippen LogP contribution in [0.25, 0.3) is 0 Å². The standard InChI is InChI=1S/C24H37NO2/c1-7-17-25-23(26)27-18-15-20(3)11-8-10-19(2)13-14-22-21(4)12-9-16-24(22,5)6/h8,10-11,13-15H,7,9,12,16-18H2,1-6H3,(H,25,26)/b11-8+,14-13+,19-10+,20-15+. The van der Waals surface area contributed by atoms with Crippen LogP contribution in [-0.2, 0) is 4.74 Å². The topological polar surface area (TPSA) is 38.3 Å². The van der Waals surface area contributed by atoms with Crippen molar-refractivity contribution >= 4 is 6.09 Å². The Kier molecular flexibility index (Phi) is 9.92. The largest absolute Gasteiger partial charge is 0.445 e. The average Bonchev–Trinajstić information content (AvgIpc) is 2.59. The number of allylic oxidation sites excluding steroid dienone is 9. The van der Waals surface area contributed by atoms with Gasteiger partial charge in [-0.1, -0.05) is 67.9 Å².